The standard InChI is InChI=1S/C13H18N2OS/c1-7-6-17-11(15-7)5-10(16)12-8-2-3-9(4-8)13(12)14/h6,8-9,12-13H,2-5,14H2,1H3. The first-order chi connectivity index (χ1) is 8.15. The number of fused-ring (bicyclic) bond motifs is 2. The second-order valence-electron chi connectivity index (χ2n) is 5.46. The van der Waals surface area contributed by atoms with Crippen molar-refractivity contribution in [3.05, 3.63) is 16.1 Å². The van der Waals surface area contributed by atoms with Gasteiger partial charge in [0.1, 0.15) is 10.8 Å². The van der Waals surface area contributed by atoms with Gasteiger partial charge in [0.05, 0.1) is 6.42 Å². The van der Waals surface area contributed by atoms with Crippen molar-refractivity contribution in [2.24, 2.45) is 23.5 Å². The van der Waals surface area contributed by atoms with Crippen LogP contribution in [0.25, 0.3) is 0 Å². The number of aromatic nitrogens is 1. The summed E-state index contributed by atoms with van der Waals surface area (Å²) in [6, 6.07) is 0.113. The van der Waals surface area contributed by atoms with Crippen LogP contribution in [0.3, 0.4) is 0 Å². The van der Waals surface area contributed by atoms with Gasteiger partial charge in [-0.3, -0.25) is 4.79 Å². The van der Waals surface area contributed by atoms with Crippen LogP contribution in [-0.4, -0.2) is 16.8 Å². The summed E-state index contributed by atoms with van der Waals surface area (Å²) >= 11 is 1.59. The lowest BCUT2D eigenvalue weighted by Gasteiger charge is -2.26. The number of nitrogens with two attached hydrogens (primary N) is 1. The summed E-state index contributed by atoms with van der Waals surface area (Å²) in [5.74, 6) is 1.59. The molecule has 2 saturated carbocycles. The van der Waals surface area contributed by atoms with Crippen molar-refractivity contribution in [2.75, 3.05) is 0 Å². The van der Waals surface area contributed by atoms with Crippen molar-refractivity contribution < 1.29 is 4.79 Å². The number of Topliss-reactive ketones (excluding diaryl/α,β-unsaturated/α-hetero) is 1. The molecule has 1 heterocycles. The number of carbonyl (C=O) groups is 1. The maximum absolute atomic E-state index is 12.3. The van der Waals surface area contributed by atoms with Gasteiger partial charge in [-0.1, -0.05) is 0 Å². The van der Waals surface area contributed by atoms with E-state index in [1.807, 2.05) is 12.3 Å². The summed E-state index contributed by atoms with van der Waals surface area (Å²) in [5, 5.41) is 2.95. The third-order valence-corrected chi connectivity index (χ3v) is 5.31. The fourth-order valence-electron chi connectivity index (χ4n) is 3.56. The highest BCUT2D eigenvalue weighted by molar-refractivity contribution is 7.09. The van der Waals surface area contributed by atoms with Crippen molar-refractivity contribution in [2.45, 2.75) is 38.6 Å². The molecule has 92 valence electrons. The summed E-state index contributed by atoms with van der Waals surface area (Å²) in [6.07, 6.45) is 4.09. The minimum Gasteiger partial charge on any atom is -0.327 e. The molecule has 2 bridgehead atoms. The lowest BCUT2D eigenvalue weighted by molar-refractivity contribution is -0.124. The first-order valence-corrected chi connectivity index (χ1v) is 7.22. The SMILES string of the molecule is Cc1csc(CC(=O)C2C3CCC(C3)C2N)n1. The van der Waals surface area contributed by atoms with Gasteiger partial charge in [-0.2, -0.15) is 0 Å². The van der Waals surface area contributed by atoms with Gasteiger partial charge in [-0.25, -0.2) is 4.98 Å². The molecule has 2 fully saturated rings. The van der Waals surface area contributed by atoms with Gasteiger partial charge in [0.25, 0.3) is 0 Å². The summed E-state index contributed by atoms with van der Waals surface area (Å²) in [4.78, 5) is 16.7. The minimum absolute atomic E-state index is 0.109. The molecule has 17 heavy (non-hydrogen) atoms. The third-order valence-electron chi connectivity index (χ3n) is 4.34. The molecule has 0 aromatic carbocycles. The lowest BCUT2D eigenvalue weighted by atomic mass is 9.81. The summed E-state index contributed by atoms with van der Waals surface area (Å²) in [7, 11) is 0. The van der Waals surface area contributed by atoms with E-state index in [-0.39, 0.29) is 12.0 Å². The van der Waals surface area contributed by atoms with E-state index in [9.17, 15) is 4.79 Å². The van der Waals surface area contributed by atoms with E-state index in [0.29, 0.717) is 24.0 Å². The monoisotopic (exact) mass is 250 g/mol. The molecule has 2 aliphatic carbocycles. The highest BCUT2D eigenvalue weighted by Gasteiger charge is 2.48. The Morgan fingerprint density at radius 3 is 2.88 bits per heavy atom. The number of aryl methyl sites for hydroxylation is 1. The van der Waals surface area contributed by atoms with Crippen molar-refractivity contribution in [3.8, 4) is 0 Å². The smallest absolute Gasteiger partial charge is 0.144 e. The second-order valence-corrected chi connectivity index (χ2v) is 6.40. The molecule has 1 aromatic heterocycles. The molecule has 3 nitrogen and oxygen atoms in total. The van der Waals surface area contributed by atoms with Gasteiger partial charge in [-0.05, 0) is 38.0 Å². The predicted octanol–water partition coefficient (Wildman–Crippen LogP) is 1.94. The lowest BCUT2D eigenvalue weighted by Crippen LogP contribution is -2.40. The van der Waals surface area contributed by atoms with Crippen LogP contribution in [0.4, 0.5) is 0 Å². The molecule has 2 aliphatic rings. The first kappa shape index (κ1) is 11.4. The molecule has 2 N–H and O–H groups in total. The predicted molar refractivity (Wildman–Crippen MR) is 67.9 cm³/mol. The number of ketones is 1. The molecule has 4 atom stereocenters. The second kappa shape index (κ2) is 4.18. The first-order valence-electron chi connectivity index (χ1n) is 6.34. The average molecular weight is 250 g/mol. The Kier molecular flexibility index (Phi) is 2.79. The van der Waals surface area contributed by atoms with Crippen molar-refractivity contribution in [1.82, 2.24) is 4.98 Å². The van der Waals surface area contributed by atoms with Crippen LogP contribution in [-0.2, 0) is 11.2 Å². The minimum atomic E-state index is 0.109. The van der Waals surface area contributed by atoms with E-state index in [0.717, 1.165) is 10.7 Å². The van der Waals surface area contributed by atoms with Gasteiger partial charge in [0, 0.05) is 23.0 Å². The van der Waals surface area contributed by atoms with Crippen LogP contribution < -0.4 is 5.73 Å². The largest absolute Gasteiger partial charge is 0.327 e. The van der Waals surface area contributed by atoms with E-state index in [4.69, 9.17) is 5.73 Å². The average Bonchev–Trinajstić information content (AvgIpc) is 2.94. The molecule has 1 aromatic rings. The van der Waals surface area contributed by atoms with Crippen LogP contribution in [0, 0.1) is 24.7 Å². The maximum Gasteiger partial charge on any atom is 0.144 e. The fourth-order valence-corrected chi connectivity index (χ4v) is 4.35. The van der Waals surface area contributed by atoms with Crippen LogP contribution in [0.15, 0.2) is 5.38 Å². The fraction of sp³-hybridized carbons (Fsp3) is 0.692. The number of nitrogens with zero attached hydrogens (tertiary/aromatic N) is 1. The van der Waals surface area contributed by atoms with Gasteiger partial charge in [0.15, 0.2) is 0 Å². The van der Waals surface area contributed by atoms with Crippen LogP contribution >= 0.6 is 11.3 Å². The van der Waals surface area contributed by atoms with E-state index in [1.165, 1.54) is 19.3 Å². The van der Waals surface area contributed by atoms with E-state index < -0.39 is 0 Å². The molecular formula is C13H18N2OS. The molecule has 0 saturated heterocycles. The Morgan fingerprint density at radius 2 is 2.29 bits per heavy atom. The number of hydrogen-bond donors (Lipinski definition) is 1. The molecule has 4 heteroatoms. The topological polar surface area (TPSA) is 56.0 Å². The summed E-state index contributed by atoms with van der Waals surface area (Å²) in [5.41, 5.74) is 7.20. The van der Waals surface area contributed by atoms with Gasteiger partial charge in [0.2, 0.25) is 0 Å². The Hall–Kier alpha value is -0.740. The normalized spacial score (nSPS) is 35.4. The van der Waals surface area contributed by atoms with Crippen LogP contribution in [0.1, 0.15) is 30.0 Å². The molecule has 4 unspecified atom stereocenters. The van der Waals surface area contributed by atoms with Gasteiger partial charge < -0.3 is 5.73 Å². The molecule has 0 amide bonds. The number of thiazole rings is 1. The zero-order valence-corrected chi connectivity index (χ0v) is 10.9. The van der Waals surface area contributed by atoms with Gasteiger partial charge in [-0.15, -0.1) is 11.3 Å². The molecule has 0 spiro atoms. The Labute approximate surface area is 105 Å². The van der Waals surface area contributed by atoms with E-state index >= 15 is 0 Å². The summed E-state index contributed by atoms with van der Waals surface area (Å²) < 4.78 is 0. The maximum atomic E-state index is 12.3. The number of carbonyl (C=O) groups excluding carboxylic acids is 1. The van der Waals surface area contributed by atoms with Crippen molar-refractivity contribution in [3.63, 3.8) is 0 Å². The number of hydrogen-bond acceptors (Lipinski definition) is 4. The zero-order chi connectivity index (χ0) is 12.0. The Bertz CT molecular complexity index is 440. The molecule has 3 rings (SSSR count). The van der Waals surface area contributed by atoms with E-state index in [1.54, 1.807) is 11.3 Å². The molecular weight excluding hydrogens is 232 g/mol. The number of rotatable bonds is 3. The Balaban J connectivity index is 1.70. The zero-order valence-electron chi connectivity index (χ0n) is 10.1. The molecule has 0 aliphatic heterocycles. The van der Waals surface area contributed by atoms with Gasteiger partial charge >= 0.3 is 0 Å². The van der Waals surface area contributed by atoms with Crippen LogP contribution in [0.2, 0.25) is 0 Å². The third kappa shape index (κ3) is 1.93. The quantitative estimate of drug-likeness (QED) is 0.892. The Morgan fingerprint density at radius 1 is 1.53 bits per heavy atom. The molecule has 0 radical (unpaired) electrons. The van der Waals surface area contributed by atoms with Crippen LogP contribution in [0.5, 0.6) is 0 Å². The highest BCUT2D eigenvalue weighted by Crippen LogP contribution is 2.48. The van der Waals surface area contributed by atoms with E-state index in [2.05, 4.69) is 4.98 Å². The van der Waals surface area contributed by atoms with Crippen molar-refractivity contribution in [1.29, 1.82) is 0 Å². The van der Waals surface area contributed by atoms with Crippen molar-refractivity contribution >= 4 is 17.1 Å². The summed E-state index contributed by atoms with van der Waals surface area (Å²) in [6.45, 7) is 1.97. The highest BCUT2D eigenvalue weighted by atomic mass is 32.1.